The average molecular weight is 416 g/mol. The molecule has 31 heavy (non-hydrogen) atoms. The van der Waals surface area contributed by atoms with Gasteiger partial charge in [-0.25, -0.2) is 0 Å². The van der Waals surface area contributed by atoms with E-state index in [1.165, 1.54) is 21.9 Å². The molecule has 5 nitrogen and oxygen atoms in total. The Bertz CT molecular complexity index is 1050. The molecule has 3 aromatic carbocycles. The molecule has 5 heteroatoms. The Balaban J connectivity index is 1.17. The summed E-state index contributed by atoms with van der Waals surface area (Å²) in [6.45, 7) is 6.94. The average Bonchev–Trinajstić information content (AvgIpc) is 2.82. The predicted octanol–water partition coefficient (Wildman–Crippen LogP) is 0.462. The maximum absolute atomic E-state index is 13.1. The van der Waals surface area contributed by atoms with Crippen LogP contribution in [0.1, 0.15) is 26.3 Å². The molecule has 5 rings (SSSR count). The quantitative estimate of drug-likeness (QED) is 0.575. The molecule has 2 heterocycles. The van der Waals surface area contributed by atoms with Crippen molar-refractivity contribution in [2.24, 2.45) is 0 Å². The standard InChI is InChI=1S/C26H27N3O2/c30-25-22-10-4-8-21-9-5-11-23(24(21)22)26(31)29(25)19-18-28-16-14-27(15-17-28)13-12-20-6-2-1-3-7-20/h1-11H,12-19H2/p+2. The largest absolute Gasteiger partial charge is 0.325 e. The zero-order valence-corrected chi connectivity index (χ0v) is 17.8. The lowest BCUT2D eigenvalue weighted by Gasteiger charge is -2.32. The van der Waals surface area contributed by atoms with Gasteiger partial charge in [0, 0.05) is 22.9 Å². The van der Waals surface area contributed by atoms with Crippen molar-refractivity contribution < 1.29 is 19.4 Å². The maximum atomic E-state index is 13.1. The van der Waals surface area contributed by atoms with Crippen LogP contribution in [0.15, 0.2) is 66.7 Å². The van der Waals surface area contributed by atoms with Crippen LogP contribution in [0, 0.1) is 0 Å². The predicted molar refractivity (Wildman–Crippen MR) is 121 cm³/mol. The van der Waals surface area contributed by atoms with E-state index in [4.69, 9.17) is 0 Å². The molecule has 0 radical (unpaired) electrons. The number of carbonyl (C=O) groups is 2. The highest BCUT2D eigenvalue weighted by Crippen LogP contribution is 2.29. The first kappa shape index (κ1) is 19.9. The van der Waals surface area contributed by atoms with E-state index < -0.39 is 0 Å². The van der Waals surface area contributed by atoms with Gasteiger partial charge in [0.25, 0.3) is 11.8 Å². The molecule has 3 aromatic rings. The van der Waals surface area contributed by atoms with Crippen LogP contribution in [-0.2, 0) is 6.42 Å². The molecule has 0 atom stereocenters. The van der Waals surface area contributed by atoms with Crippen LogP contribution in [0.25, 0.3) is 10.8 Å². The van der Waals surface area contributed by atoms with Crippen molar-refractivity contribution in [2.45, 2.75) is 6.42 Å². The molecule has 1 fully saturated rings. The van der Waals surface area contributed by atoms with Gasteiger partial charge < -0.3 is 9.80 Å². The summed E-state index contributed by atoms with van der Waals surface area (Å²) >= 11 is 0. The molecule has 2 N–H and O–H groups in total. The van der Waals surface area contributed by atoms with Gasteiger partial charge >= 0.3 is 0 Å². The monoisotopic (exact) mass is 415 g/mol. The number of imide groups is 1. The normalized spacial score (nSPS) is 21.0. The fourth-order valence-corrected chi connectivity index (χ4v) is 4.98. The summed E-state index contributed by atoms with van der Waals surface area (Å²) in [5.74, 6) is -0.304. The molecule has 0 unspecified atom stereocenters. The summed E-state index contributed by atoms with van der Waals surface area (Å²) in [7, 11) is 0. The lowest BCUT2D eigenvalue weighted by Crippen LogP contribution is -3.28. The number of rotatable bonds is 6. The first-order valence-electron chi connectivity index (χ1n) is 11.3. The molecule has 1 saturated heterocycles. The second-order valence-corrected chi connectivity index (χ2v) is 8.71. The van der Waals surface area contributed by atoms with Crippen molar-refractivity contribution in [3.8, 4) is 0 Å². The molecule has 0 aromatic heterocycles. The molecule has 0 bridgehead atoms. The van der Waals surface area contributed by atoms with Gasteiger partial charge in [-0.3, -0.25) is 14.5 Å². The van der Waals surface area contributed by atoms with Gasteiger partial charge in [0.05, 0.1) is 19.6 Å². The maximum Gasteiger partial charge on any atom is 0.261 e. The van der Waals surface area contributed by atoms with E-state index in [2.05, 4.69) is 30.3 Å². The molecule has 0 spiro atoms. The van der Waals surface area contributed by atoms with Gasteiger partial charge in [-0.1, -0.05) is 54.6 Å². The van der Waals surface area contributed by atoms with E-state index in [-0.39, 0.29) is 11.8 Å². The zero-order valence-electron chi connectivity index (χ0n) is 17.8. The number of quaternary nitrogens is 2. The molecule has 0 aliphatic carbocycles. The number of carbonyl (C=O) groups excluding carboxylic acids is 2. The molecular formula is C26H29N3O2+2. The summed E-state index contributed by atoms with van der Waals surface area (Å²) in [4.78, 5) is 30.7. The molecule has 158 valence electrons. The zero-order chi connectivity index (χ0) is 21.2. The van der Waals surface area contributed by atoms with Gasteiger partial charge in [-0.15, -0.1) is 0 Å². The Morgan fingerprint density at radius 2 is 1.26 bits per heavy atom. The Labute approximate surface area is 182 Å². The highest BCUT2D eigenvalue weighted by Gasteiger charge is 2.33. The fraction of sp³-hybridized carbons (Fsp3) is 0.308. The summed E-state index contributed by atoms with van der Waals surface area (Å²) in [6.07, 6.45) is 1.12. The third kappa shape index (κ3) is 3.99. The van der Waals surface area contributed by atoms with Crippen LogP contribution in [0.2, 0.25) is 0 Å². The topological polar surface area (TPSA) is 46.3 Å². The van der Waals surface area contributed by atoms with Crippen LogP contribution < -0.4 is 9.80 Å². The minimum Gasteiger partial charge on any atom is -0.325 e. The third-order valence-corrected chi connectivity index (χ3v) is 6.82. The molecular weight excluding hydrogens is 386 g/mol. The van der Waals surface area contributed by atoms with Crippen molar-refractivity contribution >= 4 is 22.6 Å². The first-order valence-corrected chi connectivity index (χ1v) is 11.3. The fourth-order valence-electron chi connectivity index (χ4n) is 4.98. The van der Waals surface area contributed by atoms with Crippen LogP contribution in [0.3, 0.4) is 0 Å². The van der Waals surface area contributed by atoms with Crippen molar-refractivity contribution in [1.29, 1.82) is 0 Å². The lowest BCUT2D eigenvalue weighted by molar-refractivity contribution is -1.01. The number of hydrogen-bond donors (Lipinski definition) is 2. The van der Waals surface area contributed by atoms with Crippen molar-refractivity contribution in [3.05, 3.63) is 83.4 Å². The number of nitrogens with one attached hydrogen (secondary N) is 2. The molecule has 0 saturated carbocycles. The van der Waals surface area contributed by atoms with E-state index in [0.29, 0.717) is 17.7 Å². The van der Waals surface area contributed by atoms with Crippen molar-refractivity contribution in [1.82, 2.24) is 4.90 Å². The molecule has 2 amide bonds. The Morgan fingerprint density at radius 3 is 1.87 bits per heavy atom. The second-order valence-electron chi connectivity index (χ2n) is 8.71. The Hall–Kier alpha value is -3.02. The van der Waals surface area contributed by atoms with E-state index in [1.54, 1.807) is 4.90 Å². The van der Waals surface area contributed by atoms with Gasteiger partial charge in [0.1, 0.15) is 26.2 Å². The number of hydrogen-bond acceptors (Lipinski definition) is 2. The second kappa shape index (κ2) is 8.61. The summed E-state index contributed by atoms with van der Waals surface area (Å²) in [6, 6.07) is 22.1. The highest BCUT2D eigenvalue weighted by molar-refractivity contribution is 6.25. The van der Waals surface area contributed by atoms with E-state index in [9.17, 15) is 9.59 Å². The minimum atomic E-state index is -0.152. The van der Waals surface area contributed by atoms with Crippen LogP contribution >= 0.6 is 0 Å². The van der Waals surface area contributed by atoms with Crippen molar-refractivity contribution in [2.75, 3.05) is 45.8 Å². The Morgan fingerprint density at radius 1 is 0.677 bits per heavy atom. The van der Waals surface area contributed by atoms with Gasteiger partial charge in [0.15, 0.2) is 0 Å². The van der Waals surface area contributed by atoms with Crippen molar-refractivity contribution in [3.63, 3.8) is 0 Å². The molecule has 2 aliphatic rings. The van der Waals surface area contributed by atoms with Crippen LogP contribution in [0.5, 0.6) is 0 Å². The van der Waals surface area contributed by atoms with Gasteiger partial charge in [-0.2, -0.15) is 0 Å². The highest BCUT2D eigenvalue weighted by atomic mass is 16.2. The Kier molecular flexibility index (Phi) is 5.53. The first-order chi connectivity index (χ1) is 15.2. The smallest absolute Gasteiger partial charge is 0.261 e. The van der Waals surface area contributed by atoms with Crippen LogP contribution in [-0.4, -0.2) is 62.5 Å². The minimum absolute atomic E-state index is 0.152. The van der Waals surface area contributed by atoms with E-state index in [0.717, 1.165) is 49.9 Å². The third-order valence-electron chi connectivity index (χ3n) is 6.82. The van der Waals surface area contributed by atoms with E-state index >= 15 is 0 Å². The summed E-state index contributed by atoms with van der Waals surface area (Å²) < 4.78 is 0. The molecule has 2 aliphatic heterocycles. The van der Waals surface area contributed by atoms with Crippen LogP contribution in [0.4, 0.5) is 0 Å². The van der Waals surface area contributed by atoms with E-state index in [1.807, 2.05) is 36.4 Å². The number of piperazine rings is 1. The number of benzene rings is 3. The number of nitrogens with zero attached hydrogens (tertiary/aromatic N) is 1. The van der Waals surface area contributed by atoms with Gasteiger partial charge in [0.2, 0.25) is 0 Å². The lowest BCUT2D eigenvalue weighted by atomic mass is 9.94. The SMILES string of the molecule is O=C1c2cccc3cccc(c23)C(=O)N1CC[NH+]1CC[NH+](CCc2ccccc2)CC1. The summed E-state index contributed by atoms with van der Waals surface area (Å²) in [5.41, 5.74) is 2.71. The summed E-state index contributed by atoms with van der Waals surface area (Å²) in [5, 5.41) is 1.76. The van der Waals surface area contributed by atoms with Gasteiger partial charge in [-0.05, 0) is 23.1 Å². The number of amides is 2.